The predicted octanol–water partition coefficient (Wildman–Crippen LogP) is 5.33. The molecule has 0 heterocycles. The zero-order chi connectivity index (χ0) is 25.8. The fourth-order valence-electron chi connectivity index (χ4n) is 3.28. The Morgan fingerprint density at radius 1 is 1.00 bits per heavy atom. The third-order valence-electron chi connectivity index (χ3n) is 5.32. The third-order valence-corrected chi connectivity index (χ3v) is 5.32. The quantitative estimate of drug-likeness (QED) is 0.444. The average Bonchev–Trinajstić information content (AvgIpc) is 3.67. The summed E-state index contributed by atoms with van der Waals surface area (Å²) >= 11 is 0. The van der Waals surface area contributed by atoms with Crippen molar-refractivity contribution in [2.75, 3.05) is 11.9 Å². The minimum absolute atomic E-state index is 0.297. The molecule has 4 rings (SSSR count). The molecule has 2 saturated carbocycles. The SMILES string of the molecule is O=C(Nc1ccc(OC(F)(F)F)cc1)c1cccc(C2CC2NCC2CC2)c1.O=C(O)C(F)(F)F. The van der Waals surface area contributed by atoms with Gasteiger partial charge in [0.25, 0.3) is 5.91 Å². The smallest absolute Gasteiger partial charge is 0.475 e. The number of nitrogens with one attached hydrogen (secondary N) is 2. The van der Waals surface area contributed by atoms with Crippen molar-refractivity contribution in [2.45, 2.75) is 43.8 Å². The molecule has 12 heteroatoms. The number of aliphatic carboxylic acids is 1. The van der Waals surface area contributed by atoms with Gasteiger partial charge in [0.05, 0.1) is 0 Å². The highest BCUT2D eigenvalue weighted by atomic mass is 19.4. The number of hydrogen-bond acceptors (Lipinski definition) is 4. The van der Waals surface area contributed by atoms with Crippen LogP contribution in [0.15, 0.2) is 48.5 Å². The number of carboxylic acid groups (broad SMARTS) is 1. The van der Waals surface area contributed by atoms with Crippen molar-refractivity contribution in [1.82, 2.24) is 5.32 Å². The summed E-state index contributed by atoms with van der Waals surface area (Å²) in [6, 6.07) is 13.1. The topological polar surface area (TPSA) is 87.7 Å². The second kappa shape index (κ2) is 10.5. The molecule has 2 aromatic rings. The van der Waals surface area contributed by atoms with E-state index in [0.717, 1.165) is 24.4 Å². The molecule has 3 N–H and O–H groups in total. The first kappa shape index (κ1) is 26.3. The van der Waals surface area contributed by atoms with Gasteiger partial charge >= 0.3 is 18.5 Å². The van der Waals surface area contributed by atoms with Gasteiger partial charge in [-0.3, -0.25) is 4.79 Å². The van der Waals surface area contributed by atoms with Crippen molar-refractivity contribution in [3.63, 3.8) is 0 Å². The van der Waals surface area contributed by atoms with Gasteiger partial charge < -0.3 is 20.5 Å². The van der Waals surface area contributed by atoms with Gasteiger partial charge in [0, 0.05) is 23.2 Å². The summed E-state index contributed by atoms with van der Waals surface area (Å²) in [4.78, 5) is 21.4. The normalized spacial score (nSPS) is 19.3. The van der Waals surface area contributed by atoms with E-state index in [9.17, 15) is 31.1 Å². The number of carboxylic acids is 1. The van der Waals surface area contributed by atoms with Crippen LogP contribution >= 0.6 is 0 Å². The second-order valence-electron chi connectivity index (χ2n) is 8.25. The first-order valence-corrected chi connectivity index (χ1v) is 10.6. The molecule has 2 atom stereocenters. The van der Waals surface area contributed by atoms with E-state index in [0.29, 0.717) is 23.2 Å². The van der Waals surface area contributed by atoms with Crippen LogP contribution in [0.25, 0.3) is 0 Å². The highest BCUT2D eigenvalue weighted by molar-refractivity contribution is 6.04. The highest BCUT2D eigenvalue weighted by Gasteiger charge is 2.39. The summed E-state index contributed by atoms with van der Waals surface area (Å²) in [5, 5.41) is 13.4. The van der Waals surface area contributed by atoms with E-state index in [1.54, 1.807) is 6.07 Å². The summed E-state index contributed by atoms with van der Waals surface area (Å²) in [7, 11) is 0. The van der Waals surface area contributed by atoms with E-state index >= 15 is 0 Å². The molecule has 2 unspecified atom stereocenters. The van der Waals surface area contributed by atoms with Gasteiger partial charge in [0.1, 0.15) is 5.75 Å². The molecule has 0 bridgehead atoms. The van der Waals surface area contributed by atoms with E-state index in [-0.39, 0.29) is 11.7 Å². The van der Waals surface area contributed by atoms with Gasteiger partial charge in [-0.15, -0.1) is 13.2 Å². The van der Waals surface area contributed by atoms with Crippen LogP contribution in [0.1, 0.15) is 41.1 Å². The molecule has 190 valence electrons. The van der Waals surface area contributed by atoms with Crippen molar-refractivity contribution in [3.8, 4) is 5.75 Å². The lowest BCUT2D eigenvalue weighted by Crippen LogP contribution is -2.21. The number of benzene rings is 2. The maximum atomic E-state index is 12.5. The number of carbonyl (C=O) groups excluding carboxylic acids is 1. The Hall–Kier alpha value is -3.28. The van der Waals surface area contributed by atoms with Crippen LogP contribution in [0.4, 0.5) is 32.0 Å². The summed E-state index contributed by atoms with van der Waals surface area (Å²) < 4.78 is 72.2. The van der Waals surface area contributed by atoms with Gasteiger partial charge in [-0.05, 0) is 73.7 Å². The molecule has 0 spiro atoms. The number of ether oxygens (including phenoxy) is 1. The molecule has 2 aliphatic carbocycles. The predicted molar refractivity (Wildman–Crippen MR) is 113 cm³/mol. The molecular formula is C23H22F6N2O4. The zero-order valence-electron chi connectivity index (χ0n) is 18.1. The van der Waals surface area contributed by atoms with Crippen LogP contribution < -0.4 is 15.4 Å². The van der Waals surface area contributed by atoms with E-state index in [1.165, 1.54) is 37.1 Å². The van der Waals surface area contributed by atoms with Crippen molar-refractivity contribution in [3.05, 3.63) is 59.7 Å². The second-order valence-corrected chi connectivity index (χ2v) is 8.25. The lowest BCUT2D eigenvalue weighted by Gasteiger charge is -2.10. The Balaban J connectivity index is 0.000000429. The summed E-state index contributed by atoms with van der Waals surface area (Å²) in [5.74, 6) is -2.11. The van der Waals surface area contributed by atoms with Gasteiger partial charge in [-0.1, -0.05) is 12.1 Å². The number of rotatable bonds is 7. The number of halogens is 6. The molecule has 35 heavy (non-hydrogen) atoms. The number of alkyl halides is 6. The van der Waals surface area contributed by atoms with Gasteiger partial charge in [0.2, 0.25) is 0 Å². The van der Waals surface area contributed by atoms with Crippen LogP contribution in [0.2, 0.25) is 0 Å². The van der Waals surface area contributed by atoms with E-state index in [4.69, 9.17) is 9.90 Å². The van der Waals surface area contributed by atoms with Gasteiger partial charge in [-0.25, -0.2) is 4.79 Å². The first-order chi connectivity index (χ1) is 16.3. The molecule has 0 radical (unpaired) electrons. The van der Waals surface area contributed by atoms with Gasteiger partial charge in [0.15, 0.2) is 0 Å². The largest absolute Gasteiger partial charge is 0.573 e. The van der Waals surface area contributed by atoms with E-state index in [1.807, 2.05) is 18.2 Å². The van der Waals surface area contributed by atoms with Gasteiger partial charge in [-0.2, -0.15) is 13.2 Å². The molecule has 2 fully saturated rings. The molecular weight excluding hydrogens is 482 g/mol. The minimum Gasteiger partial charge on any atom is -0.475 e. The molecule has 1 amide bonds. The van der Waals surface area contributed by atoms with E-state index in [2.05, 4.69) is 15.4 Å². The summed E-state index contributed by atoms with van der Waals surface area (Å²) in [6.07, 6.45) is -6.09. The van der Waals surface area contributed by atoms with Crippen LogP contribution in [-0.4, -0.2) is 42.1 Å². The van der Waals surface area contributed by atoms with Crippen molar-refractivity contribution < 1.29 is 45.8 Å². The molecule has 2 aliphatic rings. The standard InChI is InChI=1S/C21H21F3N2O2.C2HF3O2/c22-21(23,24)28-17-8-6-16(7-9-17)26-20(27)15-3-1-2-14(10-15)18-11-19(18)25-12-13-4-5-13;3-2(4,5)1(6)7/h1-3,6-10,13,18-19,25H,4-5,11-12H2,(H,26,27);(H,6,7). The van der Waals surface area contributed by atoms with Crippen molar-refractivity contribution in [1.29, 1.82) is 0 Å². The Labute approximate surface area is 196 Å². The first-order valence-electron chi connectivity index (χ1n) is 10.6. The monoisotopic (exact) mass is 504 g/mol. The Bertz CT molecular complexity index is 1040. The van der Waals surface area contributed by atoms with Crippen LogP contribution in [0, 0.1) is 5.92 Å². The van der Waals surface area contributed by atoms with Crippen LogP contribution in [0.3, 0.4) is 0 Å². The third kappa shape index (κ3) is 8.78. The van der Waals surface area contributed by atoms with Crippen LogP contribution in [0.5, 0.6) is 5.75 Å². The maximum Gasteiger partial charge on any atom is 0.573 e. The summed E-state index contributed by atoms with van der Waals surface area (Å²) in [6.45, 7) is 1.08. The van der Waals surface area contributed by atoms with Crippen molar-refractivity contribution in [2.24, 2.45) is 5.92 Å². The maximum absolute atomic E-state index is 12.5. The Morgan fingerprint density at radius 3 is 2.17 bits per heavy atom. The van der Waals surface area contributed by atoms with Crippen LogP contribution in [-0.2, 0) is 4.79 Å². The number of carbonyl (C=O) groups is 2. The minimum atomic E-state index is -5.08. The lowest BCUT2D eigenvalue weighted by molar-refractivity contribution is -0.274. The fraction of sp³-hybridized carbons (Fsp3) is 0.391. The lowest BCUT2D eigenvalue weighted by atomic mass is 10.1. The summed E-state index contributed by atoms with van der Waals surface area (Å²) in [5.41, 5.74) is 2.07. The molecule has 0 aromatic heterocycles. The molecule has 0 saturated heterocycles. The average molecular weight is 504 g/mol. The molecule has 2 aromatic carbocycles. The van der Waals surface area contributed by atoms with E-state index < -0.39 is 18.5 Å². The number of amides is 1. The molecule has 0 aliphatic heterocycles. The Kier molecular flexibility index (Phi) is 7.93. The fourth-order valence-corrected chi connectivity index (χ4v) is 3.28. The highest BCUT2D eigenvalue weighted by Crippen LogP contribution is 2.42. The molecule has 6 nitrogen and oxygen atoms in total. The Morgan fingerprint density at radius 2 is 1.63 bits per heavy atom. The zero-order valence-corrected chi connectivity index (χ0v) is 18.1. The number of anilines is 1. The van der Waals surface area contributed by atoms with Crippen molar-refractivity contribution >= 4 is 17.6 Å². The number of hydrogen-bond donors (Lipinski definition) is 3.